The smallest absolute Gasteiger partial charge is 0.311 e. The standard InChI is InChI=1S/C16H14F6N4O2S/c1-3-29(27,28)11-5-9(16(20,21)22)6-23-12(11)14-25-10-4-8(15(17,18)19)7-24-13(10)26(14)2/h4,6-7,11H,3,5H2,1-2H3. The number of aryl methyl sites for hydroxylation is 1. The van der Waals surface area contributed by atoms with E-state index in [4.69, 9.17) is 0 Å². The van der Waals surface area contributed by atoms with Gasteiger partial charge in [0.2, 0.25) is 0 Å². The predicted octanol–water partition coefficient (Wildman–Crippen LogP) is 3.43. The maximum absolute atomic E-state index is 13.1. The normalized spacial score (nSPS) is 18.7. The molecule has 0 fully saturated rings. The largest absolute Gasteiger partial charge is 0.417 e. The van der Waals surface area contributed by atoms with Crippen LogP contribution >= 0.6 is 0 Å². The molecule has 0 amide bonds. The summed E-state index contributed by atoms with van der Waals surface area (Å²) >= 11 is 0. The fourth-order valence-electron chi connectivity index (χ4n) is 2.93. The summed E-state index contributed by atoms with van der Waals surface area (Å²) in [4.78, 5) is 11.4. The van der Waals surface area contributed by atoms with Crippen LogP contribution in [0.5, 0.6) is 0 Å². The molecule has 1 unspecified atom stereocenters. The molecule has 158 valence electrons. The van der Waals surface area contributed by atoms with Gasteiger partial charge in [-0.25, -0.2) is 18.4 Å². The minimum Gasteiger partial charge on any atom is -0.311 e. The third-order valence-corrected chi connectivity index (χ3v) is 6.60. The van der Waals surface area contributed by atoms with Crippen LogP contribution in [0, 0.1) is 0 Å². The Balaban J connectivity index is 2.20. The first-order chi connectivity index (χ1) is 13.3. The average Bonchev–Trinajstić information content (AvgIpc) is 2.96. The molecule has 0 aliphatic carbocycles. The van der Waals surface area contributed by atoms with Crippen molar-refractivity contribution in [3.63, 3.8) is 0 Å². The lowest BCUT2D eigenvalue weighted by Gasteiger charge is -2.24. The maximum Gasteiger partial charge on any atom is 0.417 e. The molecule has 3 heterocycles. The van der Waals surface area contributed by atoms with Crippen molar-refractivity contribution in [2.24, 2.45) is 12.0 Å². The number of rotatable bonds is 3. The maximum atomic E-state index is 13.1. The van der Waals surface area contributed by atoms with E-state index in [1.54, 1.807) is 0 Å². The van der Waals surface area contributed by atoms with E-state index >= 15 is 0 Å². The summed E-state index contributed by atoms with van der Waals surface area (Å²) in [5.74, 6) is -0.603. The van der Waals surface area contributed by atoms with Gasteiger partial charge in [0.05, 0.1) is 11.1 Å². The molecule has 13 heteroatoms. The molecule has 1 atom stereocenters. The van der Waals surface area contributed by atoms with Crippen LogP contribution in [-0.4, -0.2) is 45.8 Å². The summed E-state index contributed by atoms with van der Waals surface area (Å²) in [7, 11) is -2.66. The molecule has 2 aromatic rings. The molecule has 0 saturated heterocycles. The first-order valence-electron chi connectivity index (χ1n) is 8.21. The highest BCUT2D eigenvalue weighted by Gasteiger charge is 2.43. The molecular weight excluding hydrogens is 426 g/mol. The Hall–Kier alpha value is -2.44. The minimum atomic E-state index is -4.76. The molecule has 6 nitrogen and oxygen atoms in total. The Labute approximate surface area is 160 Å². The number of pyridine rings is 1. The monoisotopic (exact) mass is 440 g/mol. The zero-order valence-corrected chi connectivity index (χ0v) is 15.8. The van der Waals surface area contributed by atoms with Crippen LogP contribution in [0.15, 0.2) is 29.0 Å². The molecule has 3 rings (SSSR count). The van der Waals surface area contributed by atoms with Gasteiger partial charge in [-0.15, -0.1) is 0 Å². The van der Waals surface area contributed by atoms with Gasteiger partial charge in [-0.1, -0.05) is 6.92 Å². The number of aliphatic imine (C=N–C) groups is 1. The van der Waals surface area contributed by atoms with Crippen LogP contribution in [-0.2, 0) is 23.1 Å². The van der Waals surface area contributed by atoms with Crippen LogP contribution in [0.3, 0.4) is 0 Å². The summed E-state index contributed by atoms with van der Waals surface area (Å²) in [6, 6.07) is 0.732. The number of aromatic nitrogens is 3. The van der Waals surface area contributed by atoms with Gasteiger partial charge in [-0.3, -0.25) is 4.99 Å². The van der Waals surface area contributed by atoms with E-state index in [-0.39, 0.29) is 22.7 Å². The Morgan fingerprint density at radius 2 is 1.83 bits per heavy atom. The molecule has 2 aromatic heterocycles. The van der Waals surface area contributed by atoms with E-state index in [1.807, 2.05) is 0 Å². The van der Waals surface area contributed by atoms with Crippen molar-refractivity contribution in [3.05, 3.63) is 35.4 Å². The predicted molar refractivity (Wildman–Crippen MR) is 92.1 cm³/mol. The van der Waals surface area contributed by atoms with E-state index in [0.717, 1.165) is 6.07 Å². The summed E-state index contributed by atoms with van der Waals surface area (Å²) < 4.78 is 104. The number of nitrogens with zero attached hydrogens (tertiary/aromatic N) is 4. The molecule has 0 saturated carbocycles. The molecule has 0 N–H and O–H groups in total. The zero-order valence-electron chi connectivity index (χ0n) is 15.0. The summed E-state index contributed by atoms with van der Waals surface area (Å²) in [5, 5.41) is -1.63. The second kappa shape index (κ2) is 6.82. The van der Waals surface area contributed by atoms with Gasteiger partial charge in [-0.05, 0) is 6.07 Å². The van der Waals surface area contributed by atoms with Gasteiger partial charge < -0.3 is 4.57 Å². The molecule has 1 aliphatic heterocycles. The van der Waals surface area contributed by atoms with E-state index in [0.29, 0.717) is 12.4 Å². The number of alkyl halides is 6. The lowest BCUT2D eigenvalue weighted by atomic mass is 10.0. The van der Waals surface area contributed by atoms with Crippen molar-refractivity contribution in [2.75, 3.05) is 5.75 Å². The number of fused-ring (bicyclic) bond motifs is 1. The Kier molecular flexibility index (Phi) is 5.00. The van der Waals surface area contributed by atoms with Gasteiger partial charge in [0.1, 0.15) is 16.5 Å². The van der Waals surface area contributed by atoms with Crippen molar-refractivity contribution in [2.45, 2.75) is 30.9 Å². The molecule has 29 heavy (non-hydrogen) atoms. The van der Waals surface area contributed by atoms with Gasteiger partial charge in [0.15, 0.2) is 21.3 Å². The molecular formula is C16H14F6N4O2S. The Morgan fingerprint density at radius 1 is 1.17 bits per heavy atom. The fourth-order valence-corrected chi connectivity index (χ4v) is 4.27. The van der Waals surface area contributed by atoms with E-state index < -0.39 is 50.8 Å². The molecule has 1 aliphatic rings. The van der Waals surface area contributed by atoms with Crippen LogP contribution in [0.2, 0.25) is 0 Å². The highest BCUT2D eigenvalue weighted by Crippen LogP contribution is 2.35. The molecule has 0 bridgehead atoms. The second-order valence-electron chi connectivity index (χ2n) is 6.37. The highest BCUT2D eigenvalue weighted by molar-refractivity contribution is 7.92. The summed E-state index contributed by atoms with van der Waals surface area (Å²) in [6.07, 6.45) is -9.17. The van der Waals surface area contributed by atoms with E-state index in [9.17, 15) is 34.8 Å². The van der Waals surface area contributed by atoms with Gasteiger partial charge >= 0.3 is 12.4 Å². The van der Waals surface area contributed by atoms with Crippen LogP contribution < -0.4 is 0 Å². The van der Waals surface area contributed by atoms with Crippen LogP contribution in [0.1, 0.15) is 24.7 Å². The van der Waals surface area contributed by atoms with Gasteiger partial charge in [-0.2, -0.15) is 26.3 Å². The third kappa shape index (κ3) is 3.87. The molecule has 0 radical (unpaired) electrons. The van der Waals surface area contributed by atoms with Crippen molar-refractivity contribution < 1.29 is 34.8 Å². The van der Waals surface area contributed by atoms with Gasteiger partial charge in [0, 0.05) is 31.6 Å². The zero-order chi connectivity index (χ0) is 21.8. The second-order valence-corrected chi connectivity index (χ2v) is 8.84. The van der Waals surface area contributed by atoms with Crippen molar-refractivity contribution in [1.82, 2.24) is 14.5 Å². The summed E-state index contributed by atoms with van der Waals surface area (Å²) in [5.41, 5.74) is -2.61. The fraction of sp³-hybridized carbons (Fsp3) is 0.438. The van der Waals surface area contributed by atoms with Gasteiger partial charge in [0.25, 0.3) is 0 Å². The highest BCUT2D eigenvalue weighted by atomic mass is 32.2. The Bertz CT molecular complexity index is 1130. The van der Waals surface area contributed by atoms with Crippen LogP contribution in [0.25, 0.3) is 11.2 Å². The number of hydrogen-bond acceptors (Lipinski definition) is 5. The quantitative estimate of drug-likeness (QED) is 0.686. The first-order valence-corrected chi connectivity index (χ1v) is 9.92. The lowest BCUT2D eigenvalue weighted by molar-refractivity contribution is -0.137. The number of sulfone groups is 1. The topological polar surface area (TPSA) is 77.2 Å². The first kappa shape index (κ1) is 21.3. The van der Waals surface area contributed by atoms with Crippen molar-refractivity contribution in [3.8, 4) is 0 Å². The number of allylic oxidation sites excluding steroid dienone is 1. The SMILES string of the molecule is CCS(=O)(=O)C1CC(C(F)(F)F)=CN=C1c1nc2cc(C(F)(F)F)cnc2n1C. The minimum absolute atomic E-state index is 0.00828. The average molecular weight is 440 g/mol. The van der Waals surface area contributed by atoms with Crippen LogP contribution in [0.4, 0.5) is 26.3 Å². The lowest BCUT2D eigenvalue weighted by Crippen LogP contribution is -2.37. The Morgan fingerprint density at radius 3 is 2.38 bits per heavy atom. The summed E-state index contributed by atoms with van der Waals surface area (Å²) in [6.45, 7) is 1.28. The number of halogens is 6. The molecule has 0 aromatic carbocycles. The molecule has 0 spiro atoms. The van der Waals surface area contributed by atoms with E-state index in [1.165, 1.54) is 18.5 Å². The van der Waals surface area contributed by atoms with Crippen molar-refractivity contribution >= 4 is 26.7 Å². The number of imidazole rings is 1. The van der Waals surface area contributed by atoms with E-state index in [2.05, 4.69) is 15.0 Å². The number of hydrogen-bond donors (Lipinski definition) is 0. The van der Waals surface area contributed by atoms with Crippen molar-refractivity contribution in [1.29, 1.82) is 0 Å². The third-order valence-electron chi connectivity index (χ3n) is 4.54.